The van der Waals surface area contributed by atoms with Crippen molar-refractivity contribution in [1.82, 2.24) is 0 Å². The van der Waals surface area contributed by atoms with E-state index in [2.05, 4.69) is 21.2 Å². The number of anilines is 2. The molecular weight excluding hydrogens is 342 g/mol. The molecule has 0 radical (unpaired) electrons. The van der Waals surface area contributed by atoms with Crippen LogP contribution in [0.3, 0.4) is 0 Å². The van der Waals surface area contributed by atoms with Crippen LogP contribution in [0.4, 0.5) is 20.2 Å². The molecular formula is C15H13BrF2N2O. The van der Waals surface area contributed by atoms with E-state index in [1.54, 1.807) is 12.1 Å². The van der Waals surface area contributed by atoms with Crippen molar-refractivity contribution in [3.8, 4) is 0 Å². The van der Waals surface area contributed by atoms with Crippen molar-refractivity contribution >= 4 is 33.2 Å². The number of nitrogen functional groups attached to an aromatic ring is 1. The van der Waals surface area contributed by atoms with Crippen LogP contribution in [0.2, 0.25) is 0 Å². The van der Waals surface area contributed by atoms with E-state index in [9.17, 15) is 13.6 Å². The van der Waals surface area contributed by atoms with Crippen LogP contribution in [-0.4, -0.2) is 5.91 Å². The summed E-state index contributed by atoms with van der Waals surface area (Å²) >= 11 is 3.34. The van der Waals surface area contributed by atoms with Crippen LogP contribution in [0, 0.1) is 18.6 Å². The topological polar surface area (TPSA) is 55.1 Å². The maximum Gasteiger partial charge on any atom is 0.228 e. The first-order chi connectivity index (χ1) is 9.86. The average molecular weight is 355 g/mol. The van der Waals surface area contributed by atoms with E-state index in [0.29, 0.717) is 21.4 Å². The van der Waals surface area contributed by atoms with Gasteiger partial charge in [0.1, 0.15) is 0 Å². The van der Waals surface area contributed by atoms with Gasteiger partial charge in [-0.2, -0.15) is 0 Å². The van der Waals surface area contributed by atoms with Crippen molar-refractivity contribution in [2.45, 2.75) is 13.3 Å². The lowest BCUT2D eigenvalue weighted by atomic mass is 10.1. The Hall–Kier alpha value is -1.95. The molecule has 21 heavy (non-hydrogen) atoms. The summed E-state index contributed by atoms with van der Waals surface area (Å²) in [5.41, 5.74) is 8.16. The van der Waals surface area contributed by atoms with Gasteiger partial charge in [-0.05, 0) is 58.2 Å². The Morgan fingerprint density at radius 1 is 1.24 bits per heavy atom. The van der Waals surface area contributed by atoms with Gasteiger partial charge in [0.15, 0.2) is 11.6 Å². The van der Waals surface area contributed by atoms with Gasteiger partial charge in [-0.1, -0.05) is 6.07 Å². The molecule has 2 rings (SSSR count). The summed E-state index contributed by atoms with van der Waals surface area (Å²) in [5.74, 6) is -2.25. The molecule has 6 heteroatoms. The summed E-state index contributed by atoms with van der Waals surface area (Å²) in [6, 6.07) is 6.81. The monoisotopic (exact) mass is 354 g/mol. The predicted molar refractivity (Wildman–Crippen MR) is 82.0 cm³/mol. The van der Waals surface area contributed by atoms with E-state index in [4.69, 9.17) is 5.73 Å². The zero-order valence-electron chi connectivity index (χ0n) is 11.2. The summed E-state index contributed by atoms with van der Waals surface area (Å²) in [6.07, 6.45) is -0.0581. The molecule has 110 valence electrons. The minimum Gasteiger partial charge on any atom is -0.398 e. The molecule has 0 aliphatic heterocycles. The van der Waals surface area contributed by atoms with Gasteiger partial charge in [0.2, 0.25) is 5.91 Å². The van der Waals surface area contributed by atoms with Crippen LogP contribution in [0.1, 0.15) is 11.1 Å². The molecule has 2 aromatic carbocycles. The highest BCUT2D eigenvalue weighted by atomic mass is 79.9. The van der Waals surface area contributed by atoms with Gasteiger partial charge in [-0.25, -0.2) is 8.78 Å². The number of aryl methyl sites for hydroxylation is 1. The average Bonchev–Trinajstić information content (AvgIpc) is 2.40. The van der Waals surface area contributed by atoms with E-state index in [1.165, 1.54) is 6.07 Å². The third kappa shape index (κ3) is 3.78. The van der Waals surface area contributed by atoms with E-state index in [1.807, 2.05) is 6.92 Å². The fraction of sp³-hybridized carbons (Fsp3) is 0.133. The molecule has 0 saturated heterocycles. The van der Waals surface area contributed by atoms with Crippen LogP contribution in [0.5, 0.6) is 0 Å². The van der Waals surface area contributed by atoms with Gasteiger partial charge in [0, 0.05) is 10.2 Å². The summed E-state index contributed by atoms with van der Waals surface area (Å²) in [5, 5.41) is 2.68. The highest BCUT2D eigenvalue weighted by Crippen LogP contribution is 2.27. The second kappa shape index (κ2) is 6.22. The number of carbonyl (C=O) groups excluding carboxylic acids is 1. The number of amides is 1. The predicted octanol–water partition coefficient (Wildman–Crippen LogP) is 3.80. The zero-order chi connectivity index (χ0) is 15.6. The van der Waals surface area contributed by atoms with Crippen molar-refractivity contribution in [2.24, 2.45) is 0 Å². The molecule has 0 fully saturated rings. The Bertz CT molecular complexity index is 704. The molecule has 0 aliphatic rings. The van der Waals surface area contributed by atoms with Gasteiger partial charge in [0.25, 0.3) is 0 Å². The summed E-state index contributed by atoms with van der Waals surface area (Å²) < 4.78 is 26.6. The lowest BCUT2D eigenvalue weighted by molar-refractivity contribution is -0.115. The number of nitrogens with one attached hydrogen (secondary N) is 1. The molecule has 0 aromatic heterocycles. The van der Waals surface area contributed by atoms with Crippen molar-refractivity contribution in [1.29, 1.82) is 0 Å². The van der Waals surface area contributed by atoms with Gasteiger partial charge >= 0.3 is 0 Å². The summed E-state index contributed by atoms with van der Waals surface area (Å²) in [7, 11) is 0. The lowest BCUT2D eigenvalue weighted by Gasteiger charge is -2.10. The number of rotatable bonds is 3. The first-order valence-corrected chi connectivity index (χ1v) is 6.95. The molecule has 0 atom stereocenters. The van der Waals surface area contributed by atoms with Crippen LogP contribution < -0.4 is 11.1 Å². The smallest absolute Gasteiger partial charge is 0.228 e. The second-order valence-electron chi connectivity index (χ2n) is 4.66. The Balaban J connectivity index is 2.11. The number of nitrogens with two attached hydrogens (primary N) is 1. The quantitative estimate of drug-likeness (QED) is 0.823. The maximum atomic E-state index is 13.1. The normalized spacial score (nSPS) is 10.5. The van der Waals surface area contributed by atoms with Gasteiger partial charge in [-0.15, -0.1) is 0 Å². The molecule has 0 saturated carbocycles. The van der Waals surface area contributed by atoms with Crippen molar-refractivity contribution in [3.63, 3.8) is 0 Å². The van der Waals surface area contributed by atoms with Gasteiger partial charge < -0.3 is 11.1 Å². The van der Waals surface area contributed by atoms with E-state index in [-0.39, 0.29) is 12.3 Å². The molecule has 0 spiro atoms. The van der Waals surface area contributed by atoms with Gasteiger partial charge in [0.05, 0.1) is 12.1 Å². The lowest BCUT2D eigenvalue weighted by Crippen LogP contribution is -2.15. The highest BCUT2D eigenvalue weighted by molar-refractivity contribution is 9.10. The molecule has 0 bridgehead atoms. The number of hydrogen-bond donors (Lipinski definition) is 2. The molecule has 2 aromatic rings. The van der Waals surface area contributed by atoms with E-state index in [0.717, 1.165) is 17.7 Å². The number of carbonyl (C=O) groups is 1. The maximum absolute atomic E-state index is 13.1. The second-order valence-corrected chi connectivity index (χ2v) is 5.52. The van der Waals surface area contributed by atoms with Crippen LogP contribution >= 0.6 is 15.9 Å². The first kappa shape index (κ1) is 15.4. The zero-order valence-corrected chi connectivity index (χ0v) is 12.8. The molecule has 0 unspecified atom stereocenters. The van der Waals surface area contributed by atoms with Crippen molar-refractivity contribution < 1.29 is 13.6 Å². The highest BCUT2D eigenvalue weighted by Gasteiger charge is 2.10. The molecule has 3 nitrogen and oxygen atoms in total. The third-order valence-electron chi connectivity index (χ3n) is 2.98. The molecule has 3 N–H and O–H groups in total. The Morgan fingerprint density at radius 2 is 1.95 bits per heavy atom. The van der Waals surface area contributed by atoms with Crippen molar-refractivity contribution in [2.75, 3.05) is 11.1 Å². The largest absolute Gasteiger partial charge is 0.398 e. The van der Waals surface area contributed by atoms with Crippen LogP contribution in [0.25, 0.3) is 0 Å². The van der Waals surface area contributed by atoms with E-state index < -0.39 is 11.6 Å². The Kier molecular flexibility index (Phi) is 4.57. The third-order valence-corrected chi connectivity index (χ3v) is 3.63. The van der Waals surface area contributed by atoms with Crippen molar-refractivity contribution in [3.05, 3.63) is 57.6 Å². The summed E-state index contributed by atoms with van der Waals surface area (Å²) in [6.45, 7) is 1.85. The minimum absolute atomic E-state index is 0.0581. The standard InChI is InChI=1S/C15H13BrF2N2O/c1-8-4-10(16)14(7-13(8)19)20-15(21)6-9-2-3-11(17)12(18)5-9/h2-5,7H,6,19H2,1H3,(H,20,21). The van der Waals surface area contributed by atoms with Crippen LogP contribution in [0.15, 0.2) is 34.8 Å². The number of halogens is 3. The Labute approximate surface area is 129 Å². The first-order valence-electron chi connectivity index (χ1n) is 6.16. The SMILES string of the molecule is Cc1cc(Br)c(NC(=O)Cc2ccc(F)c(F)c2)cc1N. The minimum atomic E-state index is -0.971. The van der Waals surface area contributed by atoms with Gasteiger partial charge in [-0.3, -0.25) is 4.79 Å². The van der Waals surface area contributed by atoms with Crippen LogP contribution in [-0.2, 0) is 11.2 Å². The Morgan fingerprint density at radius 3 is 2.62 bits per heavy atom. The number of benzene rings is 2. The summed E-state index contributed by atoms with van der Waals surface area (Å²) in [4.78, 5) is 11.9. The van der Waals surface area contributed by atoms with E-state index >= 15 is 0 Å². The fourth-order valence-electron chi connectivity index (χ4n) is 1.81. The molecule has 0 aliphatic carbocycles. The number of hydrogen-bond acceptors (Lipinski definition) is 2. The fourth-order valence-corrected chi connectivity index (χ4v) is 2.37. The molecule has 1 amide bonds. The molecule has 0 heterocycles.